The van der Waals surface area contributed by atoms with Gasteiger partial charge in [0, 0.05) is 13.0 Å². The molecule has 0 bridgehead atoms. The average Bonchev–Trinajstić information content (AvgIpc) is 3.23. The monoisotopic (exact) mass is 499 g/mol. The van der Waals surface area contributed by atoms with Crippen LogP contribution in [0, 0.1) is 23.1 Å². The van der Waals surface area contributed by atoms with Crippen LogP contribution in [0.5, 0.6) is 5.75 Å². The maximum absolute atomic E-state index is 14.8. The number of amides is 1. The molecule has 2 aliphatic rings. The minimum atomic E-state index is -1.30. The predicted molar refractivity (Wildman–Crippen MR) is 132 cm³/mol. The van der Waals surface area contributed by atoms with Crippen LogP contribution in [-0.2, 0) is 0 Å². The number of benzene rings is 2. The second kappa shape index (κ2) is 10.9. The highest BCUT2D eigenvalue weighted by molar-refractivity contribution is 6.01. The zero-order valence-electron chi connectivity index (χ0n) is 20.7. The van der Waals surface area contributed by atoms with Gasteiger partial charge in [-0.25, -0.2) is 13.2 Å². The SMILES string of the molecule is CC(C)(F)CN1CCC(COc2ccc(-c3cccc(F)c3C(=O)N3C[C@@H](F)C[C@H]3C#N)cc2)CC1. The van der Waals surface area contributed by atoms with Crippen LogP contribution >= 0.6 is 0 Å². The molecule has 1 amide bonds. The van der Waals surface area contributed by atoms with Gasteiger partial charge in [-0.15, -0.1) is 0 Å². The van der Waals surface area contributed by atoms with Crippen molar-refractivity contribution in [3.8, 4) is 22.9 Å². The van der Waals surface area contributed by atoms with E-state index >= 15 is 0 Å². The van der Waals surface area contributed by atoms with Gasteiger partial charge in [0.25, 0.3) is 5.91 Å². The zero-order valence-corrected chi connectivity index (χ0v) is 20.7. The van der Waals surface area contributed by atoms with Crippen molar-refractivity contribution in [1.29, 1.82) is 5.26 Å². The second-order valence-corrected chi connectivity index (χ2v) is 10.4. The first-order valence-electron chi connectivity index (χ1n) is 12.4. The van der Waals surface area contributed by atoms with Crippen LogP contribution in [0.25, 0.3) is 11.1 Å². The van der Waals surface area contributed by atoms with E-state index in [1.54, 1.807) is 44.2 Å². The van der Waals surface area contributed by atoms with E-state index in [1.807, 2.05) is 6.07 Å². The van der Waals surface area contributed by atoms with E-state index in [0.717, 1.165) is 30.8 Å². The Hall–Kier alpha value is -3.05. The van der Waals surface area contributed by atoms with Crippen LogP contribution in [0.3, 0.4) is 0 Å². The Labute approximate surface area is 210 Å². The topological polar surface area (TPSA) is 56.6 Å². The van der Waals surface area contributed by atoms with Gasteiger partial charge in [0.1, 0.15) is 29.4 Å². The molecule has 2 atom stereocenters. The lowest BCUT2D eigenvalue weighted by atomic mass is 9.96. The molecule has 2 saturated heterocycles. The highest BCUT2D eigenvalue weighted by atomic mass is 19.1. The van der Waals surface area contributed by atoms with Crippen molar-refractivity contribution in [3.63, 3.8) is 0 Å². The highest BCUT2D eigenvalue weighted by Gasteiger charge is 2.37. The van der Waals surface area contributed by atoms with Crippen molar-refractivity contribution in [2.75, 3.05) is 32.8 Å². The van der Waals surface area contributed by atoms with Crippen molar-refractivity contribution in [2.24, 2.45) is 5.92 Å². The Morgan fingerprint density at radius 1 is 1.17 bits per heavy atom. The van der Waals surface area contributed by atoms with Crippen molar-refractivity contribution < 1.29 is 22.7 Å². The van der Waals surface area contributed by atoms with E-state index in [0.29, 0.717) is 35.9 Å². The van der Waals surface area contributed by atoms with E-state index in [1.165, 1.54) is 12.1 Å². The standard InChI is InChI=1S/C28H32F3N3O2/c1-28(2,31)18-33-12-10-19(11-13-33)17-36-23-8-6-20(7-9-23)24-4-3-5-25(30)26(24)27(35)34-16-21(29)14-22(34)15-32/h3-9,19,21-22H,10-14,16-18H2,1-2H3/t21-,22-/m0/s1. The minimum Gasteiger partial charge on any atom is -0.493 e. The second-order valence-electron chi connectivity index (χ2n) is 10.4. The van der Waals surface area contributed by atoms with E-state index in [-0.39, 0.29) is 18.5 Å². The molecule has 2 aromatic carbocycles. The fourth-order valence-corrected chi connectivity index (χ4v) is 5.04. The molecule has 2 aromatic rings. The van der Waals surface area contributed by atoms with Crippen LogP contribution in [0.1, 0.15) is 43.5 Å². The summed E-state index contributed by atoms with van der Waals surface area (Å²) in [5.41, 5.74) is -0.354. The quantitative estimate of drug-likeness (QED) is 0.511. The number of carbonyl (C=O) groups is 1. The van der Waals surface area contributed by atoms with Gasteiger partial charge >= 0.3 is 0 Å². The number of alkyl halides is 2. The number of piperidine rings is 1. The van der Waals surface area contributed by atoms with Crippen LogP contribution in [0.4, 0.5) is 13.2 Å². The van der Waals surface area contributed by atoms with E-state index in [9.17, 15) is 23.2 Å². The molecule has 0 N–H and O–H groups in total. The molecule has 36 heavy (non-hydrogen) atoms. The van der Waals surface area contributed by atoms with Crippen molar-refractivity contribution in [1.82, 2.24) is 9.80 Å². The third-order valence-electron chi connectivity index (χ3n) is 6.85. The van der Waals surface area contributed by atoms with Crippen LogP contribution in [0.2, 0.25) is 0 Å². The van der Waals surface area contributed by atoms with Gasteiger partial charge in [-0.05, 0) is 75.0 Å². The zero-order chi connectivity index (χ0) is 25.9. The minimum absolute atomic E-state index is 0.0646. The lowest BCUT2D eigenvalue weighted by molar-refractivity contribution is 0.0752. The summed E-state index contributed by atoms with van der Waals surface area (Å²) in [7, 11) is 0. The molecule has 0 unspecified atom stereocenters. The lowest BCUT2D eigenvalue weighted by Gasteiger charge is -2.34. The summed E-state index contributed by atoms with van der Waals surface area (Å²) in [5.74, 6) is -0.333. The first-order chi connectivity index (χ1) is 17.1. The molecule has 4 rings (SSSR count). The molecular weight excluding hydrogens is 467 g/mol. The fraction of sp³-hybridized carbons (Fsp3) is 0.500. The summed E-state index contributed by atoms with van der Waals surface area (Å²) in [5, 5.41) is 9.30. The Bertz CT molecular complexity index is 1100. The van der Waals surface area contributed by atoms with Gasteiger partial charge in [-0.2, -0.15) is 5.26 Å². The summed E-state index contributed by atoms with van der Waals surface area (Å²) < 4.78 is 48.5. The van der Waals surface area contributed by atoms with Gasteiger partial charge in [0.05, 0.1) is 24.8 Å². The maximum atomic E-state index is 14.8. The summed E-state index contributed by atoms with van der Waals surface area (Å²) in [6.45, 7) is 5.68. The van der Waals surface area contributed by atoms with Gasteiger partial charge in [0.15, 0.2) is 0 Å². The molecular formula is C28H32F3N3O2. The number of rotatable bonds is 7. The lowest BCUT2D eigenvalue weighted by Crippen LogP contribution is -2.41. The van der Waals surface area contributed by atoms with Crippen molar-refractivity contribution in [2.45, 2.75) is 51.0 Å². The Balaban J connectivity index is 1.41. The van der Waals surface area contributed by atoms with Gasteiger partial charge < -0.3 is 14.5 Å². The van der Waals surface area contributed by atoms with Crippen LogP contribution in [0.15, 0.2) is 42.5 Å². The number of ether oxygens (including phenoxy) is 1. The smallest absolute Gasteiger partial charge is 0.258 e. The third kappa shape index (κ3) is 6.19. The molecule has 2 heterocycles. The summed E-state index contributed by atoms with van der Waals surface area (Å²) in [6, 6.07) is 12.5. The van der Waals surface area contributed by atoms with Crippen molar-refractivity contribution in [3.05, 3.63) is 53.8 Å². The molecule has 0 saturated carbocycles. The van der Waals surface area contributed by atoms with E-state index < -0.39 is 29.6 Å². The van der Waals surface area contributed by atoms with E-state index in [2.05, 4.69) is 4.90 Å². The number of halogens is 3. The largest absolute Gasteiger partial charge is 0.493 e. The first kappa shape index (κ1) is 26.0. The molecule has 0 spiro atoms. The molecule has 2 fully saturated rings. The number of hydrogen-bond donors (Lipinski definition) is 0. The van der Waals surface area contributed by atoms with Crippen molar-refractivity contribution >= 4 is 5.91 Å². The number of likely N-dealkylation sites (tertiary alicyclic amines) is 2. The summed E-state index contributed by atoms with van der Waals surface area (Å²) in [4.78, 5) is 16.4. The fourth-order valence-electron chi connectivity index (χ4n) is 5.04. The average molecular weight is 500 g/mol. The maximum Gasteiger partial charge on any atom is 0.258 e. The van der Waals surface area contributed by atoms with Crippen LogP contribution in [-0.4, -0.2) is 66.4 Å². The third-order valence-corrected chi connectivity index (χ3v) is 6.85. The number of nitriles is 1. The number of carbonyl (C=O) groups excluding carboxylic acids is 1. The molecule has 8 heteroatoms. The Morgan fingerprint density at radius 3 is 2.50 bits per heavy atom. The van der Waals surface area contributed by atoms with E-state index in [4.69, 9.17) is 4.74 Å². The summed E-state index contributed by atoms with van der Waals surface area (Å²) >= 11 is 0. The normalized spacial score (nSPS) is 21.4. The molecule has 2 aliphatic heterocycles. The van der Waals surface area contributed by atoms with Gasteiger partial charge in [0.2, 0.25) is 0 Å². The molecule has 5 nitrogen and oxygen atoms in total. The summed E-state index contributed by atoms with van der Waals surface area (Å²) in [6.07, 6.45) is 0.532. The number of hydrogen-bond acceptors (Lipinski definition) is 4. The molecule has 192 valence electrons. The Morgan fingerprint density at radius 2 is 1.86 bits per heavy atom. The van der Waals surface area contributed by atoms with Crippen LogP contribution < -0.4 is 4.74 Å². The van der Waals surface area contributed by atoms with Gasteiger partial charge in [-0.3, -0.25) is 4.79 Å². The highest BCUT2D eigenvalue weighted by Crippen LogP contribution is 2.31. The Kier molecular flexibility index (Phi) is 7.89. The van der Waals surface area contributed by atoms with Gasteiger partial charge in [-0.1, -0.05) is 24.3 Å². The first-order valence-corrected chi connectivity index (χ1v) is 12.4. The molecule has 0 radical (unpaired) electrons. The molecule has 0 aromatic heterocycles. The number of nitrogens with zero attached hydrogens (tertiary/aromatic N) is 3. The predicted octanol–water partition coefficient (Wildman–Crippen LogP) is 5.41. The molecule has 0 aliphatic carbocycles.